The topological polar surface area (TPSA) is 35.2 Å². The van der Waals surface area contributed by atoms with Crippen molar-refractivity contribution in [3.63, 3.8) is 0 Å². The molecule has 0 aromatic heterocycles. The van der Waals surface area contributed by atoms with Crippen LogP contribution in [0.1, 0.15) is 36.5 Å². The molecule has 2 aromatic rings. The average Bonchev–Trinajstić information content (AvgIpc) is 2.51. The smallest absolute Gasteiger partial charge is 0.119 e. The van der Waals surface area contributed by atoms with Gasteiger partial charge in [-0.2, -0.15) is 0 Å². The first-order valence-corrected chi connectivity index (χ1v) is 8.00. The second-order valence-corrected chi connectivity index (χ2v) is 6.41. The second kappa shape index (κ2) is 7.46. The number of hydrogen-bond donors (Lipinski definition) is 1. The minimum atomic E-state index is 0.0210. The predicted octanol–water partition coefficient (Wildman–Crippen LogP) is 4.38. The molecular weight excluding hydrogens is 270 g/mol. The van der Waals surface area contributed by atoms with E-state index in [0.717, 1.165) is 25.2 Å². The van der Waals surface area contributed by atoms with E-state index in [0.29, 0.717) is 6.54 Å². The second-order valence-electron chi connectivity index (χ2n) is 6.41. The van der Waals surface area contributed by atoms with E-state index >= 15 is 0 Å². The summed E-state index contributed by atoms with van der Waals surface area (Å²) in [6, 6.07) is 16.9. The average molecular weight is 297 g/mol. The SMILES string of the molecule is Cc1cc(C)cc(OCCCC(C)(CN)c2ccccc2)c1. The molecular formula is C20H27NO. The molecule has 0 aliphatic carbocycles. The molecule has 1 atom stereocenters. The van der Waals surface area contributed by atoms with E-state index in [9.17, 15) is 0 Å². The van der Waals surface area contributed by atoms with Crippen molar-refractivity contribution in [2.45, 2.75) is 39.0 Å². The van der Waals surface area contributed by atoms with E-state index in [-0.39, 0.29) is 5.41 Å². The highest BCUT2D eigenvalue weighted by atomic mass is 16.5. The zero-order chi connectivity index (χ0) is 16.0. The van der Waals surface area contributed by atoms with Gasteiger partial charge in [0.2, 0.25) is 0 Å². The molecule has 0 bridgehead atoms. The Balaban J connectivity index is 1.89. The molecule has 22 heavy (non-hydrogen) atoms. The lowest BCUT2D eigenvalue weighted by Gasteiger charge is -2.28. The van der Waals surface area contributed by atoms with Crippen molar-refractivity contribution in [3.05, 3.63) is 65.2 Å². The Hall–Kier alpha value is -1.80. The fourth-order valence-electron chi connectivity index (χ4n) is 2.87. The summed E-state index contributed by atoms with van der Waals surface area (Å²) in [6.07, 6.45) is 2.02. The largest absolute Gasteiger partial charge is 0.494 e. The van der Waals surface area contributed by atoms with Gasteiger partial charge < -0.3 is 10.5 Å². The summed E-state index contributed by atoms with van der Waals surface area (Å²) in [6.45, 7) is 7.81. The van der Waals surface area contributed by atoms with Gasteiger partial charge in [0, 0.05) is 12.0 Å². The molecule has 2 aromatic carbocycles. The van der Waals surface area contributed by atoms with Crippen molar-refractivity contribution < 1.29 is 4.74 Å². The molecule has 0 heterocycles. The molecule has 0 spiro atoms. The quantitative estimate of drug-likeness (QED) is 0.770. The minimum absolute atomic E-state index is 0.0210. The highest BCUT2D eigenvalue weighted by molar-refractivity contribution is 5.33. The molecule has 0 radical (unpaired) electrons. The number of aryl methyl sites for hydroxylation is 2. The summed E-state index contributed by atoms with van der Waals surface area (Å²) in [5, 5.41) is 0. The van der Waals surface area contributed by atoms with E-state index in [1.54, 1.807) is 0 Å². The van der Waals surface area contributed by atoms with Crippen molar-refractivity contribution in [2.75, 3.05) is 13.2 Å². The molecule has 2 heteroatoms. The van der Waals surface area contributed by atoms with E-state index in [1.165, 1.54) is 16.7 Å². The van der Waals surface area contributed by atoms with Crippen LogP contribution in [0.3, 0.4) is 0 Å². The molecule has 2 N–H and O–H groups in total. The Morgan fingerprint density at radius 2 is 1.64 bits per heavy atom. The lowest BCUT2D eigenvalue weighted by atomic mass is 9.79. The van der Waals surface area contributed by atoms with Crippen molar-refractivity contribution in [1.29, 1.82) is 0 Å². The van der Waals surface area contributed by atoms with Crippen LogP contribution in [0, 0.1) is 13.8 Å². The van der Waals surface area contributed by atoms with Gasteiger partial charge in [-0.25, -0.2) is 0 Å². The normalized spacial score (nSPS) is 13.6. The Morgan fingerprint density at radius 3 is 2.23 bits per heavy atom. The Bertz CT molecular complexity index is 574. The maximum Gasteiger partial charge on any atom is 0.119 e. The first-order chi connectivity index (χ1) is 10.5. The molecule has 0 saturated heterocycles. The van der Waals surface area contributed by atoms with Gasteiger partial charge in [0.05, 0.1) is 6.61 Å². The molecule has 1 unspecified atom stereocenters. The van der Waals surface area contributed by atoms with Gasteiger partial charge in [-0.05, 0) is 55.5 Å². The van der Waals surface area contributed by atoms with Crippen molar-refractivity contribution in [2.24, 2.45) is 5.73 Å². The number of hydrogen-bond acceptors (Lipinski definition) is 2. The first kappa shape index (κ1) is 16.6. The van der Waals surface area contributed by atoms with Crippen LogP contribution >= 0.6 is 0 Å². The van der Waals surface area contributed by atoms with Gasteiger partial charge in [0.1, 0.15) is 5.75 Å². The highest BCUT2D eigenvalue weighted by Crippen LogP contribution is 2.28. The fourth-order valence-corrected chi connectivity index (χ4v) is 2.87. The van der Waals surface area contributed by atoms with Gasteiger partial charge in [-0.1, -0.05) is 43.3 Å². The minimum Gasteiger partial charge on any atom is -0.494 e. The summed E-state index contributed by atoms with van der Waals surface area (Å²) >= 11 is 0. The highest BCUT2D eigenvalue weighted by Gasteiger charge is 2.24. The predicted molar refractivity (Wildman–Crippen MR) is 93.5 cm³/mol. The van der Waals surface area contributed by atoms with E-state index in [1.807, 2.05) is 6.07 Å². The van der Waals surface area contributed by atoms with Crippen molar-refractivity contribution in [1.82, 2.24) is 0 Å². The van der Waals surface area contributed by atoms with Crippen molar-refractivity contribution >= 4 is 0 Å². The fraction of sp³-hybridized carbons (Fsp3) is 0.400. The Kier molecular flexibility index (Phi) is 5.62. The maximum atomic E-state index is 6.03. The summed E-state index contributed by atoms with van der Waals surface area (Å²) < 4.78 is 5.90. The molecule has 0 aliphatic heterocycles. The molecule has 0 fully saturated rings. The van der Waals surface area contributed by atoms with Crippen LogP contribution in [0.15, 0.2) is 48.5 Å². The molecule has 2 nitrogen and oxygen atoms in total. The van der Waals surface area contributed by atoms with E-state index < -0.39 is 0 Å². The third kappa shape index (κ3) is 4.35. The van der Waals surface area contributed by atoms with Crippen LogP contribution in [0.25, 0.3) is 0 Å². The monoisotopic (exact) mass is 297 g/mol. The number of benzene rings is 2. The summed E-state index contributed by atoms with van der Waals surface area (Å²) in [5.74, 6) is 0.965. The molecule has 0 saturated carbocycles. The van der Waals surface area contributed by atoms with Crippen LogP contribution < -0.4 is 10.5 Å². The van der Waals surface area contributed by atoms with E-state index in [4.69, 9.17) is 10.5 Å². The van der Waals surface area contributed by atoms with Gasteiger partial charge >= 0.3 is 0 Å². The van der Waals surface area contributed by atoms with Gasteiger partial charge in [0.15, 0.2) is 0 Å². The zero-order valence-electron chi connectivity index (χ0n) is 13.9. The Morgan fingerprint density at radius 1 is 1.00 bits per heavy atom. The standard InChI is InChI=1S/C20H27NO/c1-16-12-17(2)14-19(13-16)22-11-7-10-20(3,15-21)18-8-5-4-6-9-18/h4-6,8-9,12-14H,7,10-11,15,21H2,1-3H3. The van der Waals surface area contributed by atoms with E-state index in [2.05, 4.69) is 63.2 Å². The molecule has 0 aliphatic rings. The van der Waals surface area contributed by atoms with Crippen molar-refractivity contribution in [3.8, 4) is 5.75 Å². The van der Waals surface area contributed by atoms with Crippen LogP contribution in [-0.2, 0) is 5.41 Å². The first-order valence-electron chi connectivity index (χ1n) is 8.00. The maximum absolute atomic E-state index is 6.03. The molecule has 2 rings (SSSR count). The van der Waals surface area contributed by atoms with Crippen LogP contribution in [0.4, 0.5) is 0 Å². The summed E-state index contributed by atoms with van der Waals surface area (Å²) in [5.41, 5.74) is 9.84. The summed E-state index contributed by atoms with van der Waals surface area (Å²) in [4.78, 5) is 0. The zero-order valence-corrected chi connectivity index (χ0v) is 13.9. The number of rotatable bonds is 7. The van der Waals surface area contributed by atoms with Gasteiger partial charge in [-0.3, -0.25) is 0 Å². The number of ether oxygens (including phenoxy) is 1. The Labute approximate surface area is 134 Å². The van der Waals surface area contributed by atoms with Crippen LogP contribution in [0.2, 0.25) is 0 Å². The van der Waals surface area contributed by atoms with Crippen LogP contribution in [-0.4, -0.2) is 13.2 Å². The lowest BCUT2D eigenvalue weighted by Crippen LogP contribution is -2.32. The third-order valence-electron chi connectivity index (χ3n) is 4.26. The van der Waals surface area contributed by atoms with Gasteiger partial charge in [-0.15, -0.1) is 0 Å². The van der Waals surface area contributed by atoms with Gasteiger partial charge in [0.25, 0.3) is 0 Å². The summed E-state index contributed by atoms with van der Waals surface area (Å²) in [7, 11) is 0. The lowest BCUT2D eigenvalue weighted by molar-refractivity contribution is 0.285. The van der Waals surface area contributed by atoms with Crippen LogP contribution in [0.5, 0.6) is 5.75 Å². The molecule has 0 amide bonds. The number of nitrogens with two attached hydrogens (primary N) is 1. The molecule has 118 valence electrons. The third-order valence-corrected chi connectivity index (χ3v) is 4.26.